The molecule has 0 radical (unpaired) electrons. The van der Waals surface area contributed by atoms with Gasteiger partial charge in [0, 0.05) is 26.4 Å². The molecule has 4 N–H and O–H groups in total. The quantitative estimate of drug-likeness (QED) is 0.613. The highest BCUT2D eigenvalue weighted by Crippen LogP contribution is 2.27. The van der Waals surface area contributed by atoms with Crippen molar-refractivity contribution in [3.05, 3.63) is 18.0 Å². The van der Waals surface area contributed by atoms with Gasteiger partial charge in [-0.1, -0.05) is 0 Å². The first-order valence-corrected chi connectivity index (χ1v) is 6.01. The van der Waals surface area contributed by atoms with Gasteiger partial charge in [0.1, 0.15) is 11.7 Å². The second-order valence-corrected chi connectivity index (χ2v) is 4.04. The molecule has 1 rings (SSSR count). The molecule has 1 aromatic heterocycles. The molecule has 0 aliphatic rings. The van der Waals surface area contributed by atoms with Crippen LogP contribution in [-0.4, -0.2) is 48.7 Å². The average Bonchev–Trinajstić information content (AvgIpc) is 2.43. The summed E-state index contributed by atoms with van der Waals surface area (Å²) in [6, 6.07) is -0.0173. The Morgan fingerprint density at radius 3 is 2.81 bits per heavy atom. The van der Waals surface area contributed by atoms with E-state index in [1.54, 1.807) is 0 Å². The van der Waals surface area contributed by atoms with Crippen LogP contribution in [0.15, 0.2) is 12.3 Å². The summed E-state index contributed by atoms with van der Waals surface area (Å²) in [5.74, 6) is -0.580. The molecule has 0 bridgehead atoms. The van der Waals surface area contributed by atoms with E-state index >= 15 is 0 Å². The minimum atomic E-state index is -4.53. The van der Waals surface area contributed by atoms with Crippen molar-refractivity contribution in [1.82, 2.24) is 15.3 Å². The summed E-state index contributed by atoms with van der Waals surface area (Å²) >= 11 is 0. The fourth-order valence-electron chi connectivity index (χ4n) is 1.35. The highest BCUT2D eigenvalue weighted by Gasteiger charge is 2.32. The average molecular weight is 307 g/mol. The lowest BCUT2D eigenvalue weighted by atomic mass is 10.3. The summed E-state index contributed by atoms with van der Waals surface area (Å²) in [7, 11) is 1.42. The Morgan fingerprint density at radius 2 is 2.19 bits per heavy atom. The Kier molecular flexibility index (Phi) is 6.31. The molecule has 0 aliphatic carbocycles. The Labute approximate surface area is 119 Å². The summed E-state index contributed by atoms with van der Waals surface area (Å²) < 4.78 is 42.0. The summed E-state index contributed by atoms with van der Waals surface area (Å²) in [6.07, 6.45) is -3.52. The summed E-state index contributed by atoms with van der Waals surface area (Å²) in [4.78, 5) is 18.4. The molecule has 0 saturated carbocycles. The van der Waals surface area contributed by atoms with Crippen LogP contribution in [0.5, 0.6) is 0 Å². The highest BCUT2D eigenvalue weighted by atomic mass is 19.4. The normalized spacial score (nSPS) is 12.8. The van der Waals surface area contributed by atoms with E-state index in [4.69, 9.17) is 10.5 Å². The molecule has 1 unspecified atom stereocenters. The van der Waals surface area contributed by atoms with E-state index in [2.05, 4.69) is 20.6 Å². The minimum absolute atomic E-state index is 0.0794. The van der Waals surface area contributed by atoms with Crippen LogP contribution in [0, 0.1) is 0 Å². The molecule has 1 amide bonds. The number of carbonyl (C=O) groups excluding carboxylic acids is 1. The van der Waals surface area contributed by atoms with Gasteiger partial charge < -0.3 is 21.1 Å². The molecule has 1 aromatic rings. The van der Waals surface area contributed by atoms with Gasteiger partial charge >= 0.3 is 6.18 Å². The van der Waals surface area contributed by atoms with E-state index in [-0.39, 0.29) is 25.6 Å². The van der Waals surface area contributed by atoms with Crippen molar-refractivity contribution in [2.75, 3.05) is 32.1 Å². The number of nitrogens with one attached hydrogen (secondary N) is 2. The predicted octanol–water partition coefficient (Wildman–Crippen LogP) is -0.00280. The molecule has 118 valence electrons. The Balaban J connectivity index is 2.38. The zero-order valence-electron chi connectivity index (χ0n) is 11.3. The van der Waals surface area contributed by atoms with Crippen LogP contribution in [0.25, 0.3) is 0 Å². The number of halogens is 3. The van der Waals surface area contributed by atoms with Crippen molar-refractivity contribution in [3.8, 4) is 0 Å². The second-order valence-electron chi connectivity index (χ2n) is 4.04. The maximum absolute atomic E-state index is 12.4. The molecule has 1 heterocycles. The lowest BCUT2D eigenvalue weighted by molar-refractivity contribution is -0.141. The SMILES string of the molecule is COCC(N)C(=O)NCCNc1nccc(C(F)(F)F)n1. The summed E-state index contributed by atoms with van der Waals surface area (Å²) in [5, 5.41) is 5.07. The predicted molar refractivity (Wildman–Crippen MR) is 68.4 cm³/mol. The van der Waals surface area contributed by atoms with E-state index in [1.807, 2.05) is 0 Å². The van der Waals surface area contributed by atoms with E-state index < -0.39 is 23.8 Å². The number of nitrogens with zero attached hydrogens (tertiary/aromatic N) is 2. The van der Waals surface area contributed by atoms with Gasteiger partial charge in [-0.05, 0) is 6.07 Å². The van der Waals surface area contributed by atoms with Gasteiger partial charge in [-0.3, -0.25) is 4.79 Å². The fraction of sp³-hybridized carbons (Fsp3) is 0.545. The lowest BCUT2D eigenvalue weighted by Gasteiger charge is -2.12. The third-order valence-electron chi connectivity index (χ3n) is 2.34. The minimum Gasteiger partial charge on any atom is -0.383 e. The number of alkyl halides is 3. The van der Waals surface area contributed by atoms with Crippen molar-refractivity contribution in [2.45, 2.75) is 12.2 Å². The van der Waals surface area contributed by atoms with E-state index in [1.165, 1.54) is 7.11 Å². The van der Waals surface area contributed by atoms with E-state index in [9.17, 15) is 18.0 Å². The molecular formula is C11H16F3N5O2. The Hall–Kier alpha value is -1.94. The fourth-order valence-corrected chi connectivity index (χ4v) is 1.35. The van der Waals surface area contributed by atoms with Crippen LogP contribution in [0.2, 0.25) is 0 Å². The monoisotopic (exact) mass is 307 g/mol. The van der Waals surface area contributed by atoms with E-state index in [0.29, 0.717) is 0 Å². The van der Waals surface area contributed by atoms with Crippen LogP contribution in [0.3, 0.4) is 0 Å². The number of aromatic nitrogens is 2. The van der Waals surface area contributed by atoms with Gasteiger partial charge in [0.05, 0.1) is 6.61 Å². The Morgan fingerprint density at radius 1 is 1.48 bits per heavy atom. The smallest absolute Gasteiger partial charge is 0.383 e. The third kappa shape index (κ3) is 5.92. The molecule has 0 saturated heterocycles. The molecule has 0 aromatic carbocycles. The molecule has 10 heteroatoms. The van der Waals surface area contributed by atoms with Crippen molar-refractivity contribution in [3.63, 3.8) is 0 Å². The van der Waals surface area contributed by atoms with Crippen molar-refractivity contribution in [1.29, 1.82) is 0 Å². The number of nitrogens with two attached hydrogens (primary N) is 1. The van der Waals surface area contributed by atoms with E-state index in [0.717, 1.165) is 12.3 Å². The number of rotatable bonds is 7. The number of amides is 1. The number of hydrogen-bond donors (Lipinski definition) is 3. The first-order chi connectivity index (χ1) is 9.84. The van der Waals surface area contributed by atoms with Gasteiger partial charge in [0.25, 0.3) is 0 Å². The lowest BCUT2D eigenvalue weighted by Crippen LogP contribution is -2.44. The highest BCUT2D eigenvalue weighted by molar-refractivity contribution is 5.81. The first kappa shape index (κ1) is 17.1. The van der Waals surface area contributed by atoms with Crippen molar-refractivity contribution in [2.24, 2.45) is 5.73 Å². The molecule has 0 spiro atoms. The van der Waals surface area contributed by atoms with Crippen LogP contribution in [0.1, 0.15) is 5.69 Å². The number of anilines is 1. The molecule has 1 atom stereocenters. The maximum Gasteiger partial charge on any atom is 0.433 e. The van der Waals surface area contributed by atoms with Crippen LogP contribution in [-0.2, 0) is 15.7 Å². The number of ether oxygens (including phenoxy) is 1. The zero-order chi connectivity index (χ0) is 15.9. The van der Waals surface area contributed by atoms with Crippen LogP contribution in [0.4, 0.5) is 19.1 Å². The van der Waals surface area contributed by atoms with Gasteiger partial charge in [-0.15, -0.1) is 0 Å². The number of hydrogen-bond acceptors (Lipinski definition) is 6. The molecule has 21 heavy (non-hydrogen) atoms. The molecular weight excluding hydrogens is 291 g/mol. The number of carbonyl (C=O) groups is 1. The van der Waals surface area contributed by atoms with Crippen molar-refractivity contribution >= 4 is 11.9 Å². The maximum atomic E-state index is 12.4. The first-order valence-electron chi connectivity index (χ1n) is 6.01. The zero-order valence-corrected chi connectivity index (χ0v) is 11.3. The molecule has 0 fully saturated rings. The second kappa shape index (κ2) is 7.74. The number of methoxy groups -OCH3 is 1. The van der Waals surface area contributed by atoms with Gasteiger partial charge in [0.2, 0.25) is 11.9 Å². The molecule has 0 aliphatic heterocycles. The van der Waals surface area contributed by atoms with Crippen LogP contribution >= 0.6 is 0 Å². The molecule has 7 nitrogen and oxygen atoms in total. The van der Waals surface area contributed by atoms with Crippen LogP contribution < -0.4 is 16.4 Å². The summed E-state index contributed by atoms with van der Waals surface area (Å²) in [5.41, 5.74) is 4.45. The van der Waals surface area contributed by atoms with Crippen molar-refractivity contribution < 1.29 is 22.7 Å². The van der Waals surface area contributed by atoms with Gasteiger partial charge in [0.15, 0.2) is 0 Å². The van der Waals surface area contributed by atoms with Gasteiger partial charge in [-0.25, -0.2) is 9.97 Å². The summed E-state index contributed by atoms with van der Waals surface area (Å²) in [6.45, 7) is 0.401. The topological polar surface area (TPSA) is 102 Å². The van der Waals surface area contributed by atoms with Gasteiger partial charge in [-0.2, -0.15) is 13.2 Å². The third-order valence-corrected chi connectivity index (χ3v) is 2.34. The largest absolute Gasteiger partial charge is 0.433 e. The standard InChI is InChI=1S/C11H16F3N5O2/c1-21-6-7(15)9(20)16-4-5-18-10-17-3-2-8(19-10)11(12,13)14/h2-3,7H,4-6,15H2,1H3,(H,16,20)(H,17,18,19). The Bertz CT molecular complexity index is 469.